The quantitative estimate of drug-likeness (QED) is 0.723. The van der Waals surface area contributed by atoms with Crippen LogP contribution < -0.4 is 4.90 Å². The van der Waals surface area contributed by atoms with Crippen LogP contribution in [-0.4, -0.2) is 9.97 Å². The lowest BCUT2D eigenvalue weighted by atomic mass is 10.1. The SMILES string of the molecule is C1=CN(c2ccccn2)c2ncccc2C1. The van der Waals surface area contributed by atoms with Gasteiger partial charge in [0.2, 0.25) is 0 Å². The fourth-order valence-electron chi connectivity index (χ4n) is 1.84. The number of hydrogen-bond acceptors (Lipinski definition) is 3. The molecule has 0 bridgehead atoms. The molecule has 0 aliphatic carbocycles. The molecule has 0 saturated carbocycles. The van der Waals surface area contributed by atoms with Crippen molar-refractivity contribution in [3.63, 3.8) is 0 Å². The minimum atomic E-state index is 0.901. The Morgan fingerprint density at radius 3 is 2.81 bits per heavy atom. The first-order valence-electron chi connectivity index (χ1n) is 5.26. The second-order valence-electron chi connectivity index (χ2n) is 3.63. The van der Waals surface area contributed by atoms with E-state index in [-0.39, 0.29) is 0 Å². The van der Waals surface area contributed by atoms with Gasteiger partial charge in [0.25, 0.3) is 0 Å². The van der Waals surface area contributed by atoms with Gasteiger partial charge in [-0.15, -0.1) is 0 Å². The maximum Gasteiger partial charge on any atom is 0.141 e. The predicted octanol–water partition coefficient (Wildman–Crippen LogP) is 2.68. The second-order valence-corrected chi connectivity index (χ2v) is 3.63. The highest BCUT2D eigenvalue weighted by atomic mass is 15.2. The van der Waals surface area contributed by atoms with E-state index in [0.29, 0.717) is 0 Å². The van der Waals surface area contributed by atoms with Crippen molar-refractivity contribution in [2.45, 2.75) is 6.42 Å². The number of rotatable bonds is 1. The summed E-state index contributed by atoms with van der Waals surface area (Å²) in [6.07, 6.45) is 8.69. The second kappa shape index (κ2) is 3.77. The third-order valence-electron chi connectivity index (χ3n) is 2.58. The number of fused-ring (bicyclic) bond motifs is 1. The van der Waals surface area contributed by atoms with Crippen LogP contribution >= 0.6 is 0 Å². The van der Waals surface area contributed by atoms with Crippen molar-refractivity contribution in [1.29, 1.82) is 0 Å². The first-order valence-corrected chi connectivity index (χ1v) is 5.26. The zero-order chi connectivity index (χ0) is 10.8. The first-order chi connectivity index (χ1) is 7.95. The van der Waals surface area contributed by atoms with Crippen LogP contribution in [0.1, 0.15) is 5.56 Å². The van der Waals surface area contributed by atoms with Crippen molar-refractivity contribution in [2.24, 2.45) is 0 Å². The molecule has 0 unspecified atom stereocenters. The fourth-order valence-corrected chi connectivity index (χ4v) is 1.84. The first kappa shape index (κ1) is 9.09. The lowest BCUT2D eigenvalue weighted by molar-refractivity contribution is 1.04. The summed E-state index contributed by atoms with van der Waals surface area (Å²) in [6.45, 7) is 0. The monoisotopic (exact) mass is 209 g/mol. The molecular formula is C13H11N3. The lowest BCUT2D eigenvalue weighted by Gasteiger charge is -2.23. The molecule has 2 aromatic rings. The summed E-state index contributed by atoms with van der Waals surface area (Å²) in [7, 11) is 0. The minimum absolute atomic E-state index is 0.901. The van der Waals surface area contributed by atoms with Crippen molar-refractivity contribution < 1.29 is 0 Å². The van der Waals surface area contributed by atoms with Gasteiger partial charge in [0.1, 0.15) is 11.6 Å². The van der Waals surface area contributed by atoms with Gasteiger partial charge in [0.15, 0.2) is 0 Å². The predicted molar refractivity (Wildman–Crippen MR) is 63.5 cm³/mol. The number of allylic oxidation sites excluding steroid dienone is 1. The smallest absolute Gasteiger partial charge is 0.141 e. The standard InChI is InChI=1S/C13H11N3/c1-2-8-14-12(7-1)16-10-4-6-11-5-3-9-15-13(11)16/h1-5,7-10H,6H2. The lowest BCUT2D eigenvalue weighted by Crippen LogP contribution is -2.16. The van der Waals surface area contributed by atoms with Gasteiger partial charge in [-0.3, -0.25) is 4.90 Å². The molecule has 78 valence electrons. The Kier molecular flexibility index (Phi) is 2.14. The molecule has 0 amide bonds. The van der Waals surface area contributed by atoms with E-state index in [4.69, 9.17) is 0 Å². The molecule has 0 aromatic carbocycles. The average molecular weight is 209 g/mol. The number of aromatic nitrogens is 2. The Labute approximate surface area is 94.1 Å². The van der Waals surface area contributed by atoms with Gasteiger partial charge in [-0.05, 0) is 30.2 Å². The average Bonchev–Trinajstić information content (AvgIpc) is 2.39. The summed E-state index contributed by atoms with van der Waals surface area (Å²) >= 11 is 0. The number of hydrogen-bond donors (Lipinski definition) is 0. The van der Waals surface area contributed by atoms with Crippen molar-refractivity contribution in [3.05, 3.63) is 60.6 Å². The highest BCUT2D eigenvalue weighted by Crippen LogP contribution is 2.28. The van der Waals surface area contributed by atoms with Crippen LogP contribution in [0.3, 0.4) is 0 Å². The van der Waals surface area contributed by atoms with Crippen molar-refractivity contribution >= 4 is 11.6 Å². The Morgan fingerprint density at radius 1 is 1.00 bits per heavy atom. The summed E-state index contributed by atoms with van der Waals surface area (Å²) in [6, 6.07) is 9.94. The van der Waals surface area contributed by atoms with Gasteiger partial charge in [0, 0.05) is 18.6 Å². The molecule has 1 aliphatic rings. The highest BCUT2D eigenvalue weighted by Gasteiger charge is 2.15. The topological polar surface area (TPSA) is 29.0 Å². The van der Waals surface area contributed by atoms with Gasteiger partial charge in [-0.2, -0.15) is 0 Å². The number of nitrogens with zero attached hydrogens (tertiary/aromatic N) is 3. The highest BCUT2D eigenvalue weighted by molar-refractivity contribution is 5.64. The molecule has 3 heteroatoms. The van der Waals surface area contributed by atoms with Crippen LogP contribution in [0.5, 0.6) is 0 Å². The molecular weight excluding hydrogens is 198 g/mol. The summed E-state index contributed by atoms with van der Waals surface area (Å²) in [5.41, 5.74) is 1.23. The fraction of sp³-hybridized carbons (Fsp3) is 0.0769. The van der Waals surface area contributed by atoms with E-state index in [9.17, 15) is 0 Å². The van der Waals surface area contributed by atoms with Gasteiger partial charge >= 0.3 is 0 Å². The molecule has 0 radical (unpaired) electrons. The van der Waals surface area contributed by atoms with Crippen LogP contribution in [0.2, 0.25) is 0 Å². The van der Waals surface area contributed by atoms with Crippen LogP contribution in [0.15, 0.2) is 55.0 Å². The van der Waals surface area contributed by atoms with E-state index in [0.717, 1.165) is 18.1 Å². The molecule has 0 saturated heterocycles. The van der Waals surface area contributed by atoms with Crippen LogP contribution in [0, 0.1) is 0 Å². The zero-order valence-electron chi connectivity index (χ0n) is 8.74. The molecule has 0 atom stereocenters. The molecule has 0 fully saturated rings. The zero-order valence-corrected chi connectivity index (χ0v) is 8.74. The largest absolute Gasteiger partial charge is 0.286 e. The minimum Gasteiger partial charge on any atom is -0.286 e. The van der Waals surface area contributed by atoms with Gasteiger partial charge in [-0.25, -0.2) is 9.97 Å². The van der Waals surface area contributed by atoms with E-state index in [2.05, 4.69) is 22.1 Å². The Balaban J connectivity index is 2.09. The molecule has 0 N–H and O–H groups in total. The number of pyridine rings is 2. The molecule has 0 spiro atoms. The van der Waals surface area contributed by atoms with Gasteiger partial charge in [-0.1, -0.05) is 18.2 Å². The van der Waals surface area contributed by atoms with E-state index < -0.39 is 0 Å². The van der Waals surface area contributed by atoms with Crippen LogP contribution in [-0.2, 0) is 6.42 Å². The summed E-state index contributed by atoms with van der Waals surface area (Å²) in [5, 5.41) is 0. The number of anilines is 2. The van der Waals surface area contributed by atoms with Crippen molar-refractivity contribution in [3.8, 4) is 0 Å². The van der Waals surface area contributed by atoms with Crippen LogP contribution in [0.25, 0.3) is 0 Å². The molecule has 1 aliphatic heterocycles. The Morgan fingerprint density at radius 2 is 1.94 bits per heavy atom. The van der Waals surface area contributed by atoms with Gasteiger partial charge < -0.3 is 0 Å². The third kappa shape index (κ3) is 1.46. The summed E-state index contributed by atoms with van der Waals surface area (Å²) < 4.78 is 0. The van der Waals surface area contributed by atoms with Crippen molar-refractivity contribution in [2.75, 3.05) is 4.90 Å². The van der Waals surface area contributed by atoms with Gasteiger partial charge in [0.05, 0.1) is 0 Å². The molecule has 3 nitrogen and oxygen atoms in total. The van der Waals surface area contributed by atoms with E-state index in [1.807, 2.05) is 41.6 Å². The molecule has 2 aromatic heterocycles. The van der Waals surface area contributed by atoms with Crippen LogP contribution in [0.4, 0.5) is 11.6 Å². The normalized spacial score (nSPS) is 13.6. The maximum atomic E-state index is 4.41. The Bertz CT molecular complexity index is 520. The van der Waals surface area contributed by atoms with E-state index in [1.165, 1.54) is 5.56 Å². The van der Waals surface area contributed by atoms with E-state index in [1.54, 1.807) is 6.20 Å². The summed E-state index contributed by atoms with van der Waals surface area (Å²) in [5.74, 6) is 1.88. The maximum absolute atomic E-state index is 4.41. The third-order valence-corrected chi connectivity index (χ3v) is 2.58. The molecule has 16 heavy (non-hydrogen) atoms. The molecule has 3 heterocycles. The summed E-state index contributed by atoms with van der Waals surface area (Å²) in [4.78, 5) is 10.8. The van der Waals surface area contributed by atoms with Crippen molar-refractivity contribution in [1.82, 2.24) is 9.97 Å². The van der Waals surface area contributed by atoms with E-state index >= 15 is 0 Å². The molecule has 3 rings (SSSR count). The Hall–Kier alpha value is -2.16.